The quantitative estimate of drug-likeness (QED) is 0.0929. The highest BCUT2D eigenvalue weighted by Gasteiger charge is 2.44. The molecule has 4 amide bonds. The average molecular weight is 870 g/mol. The van der Waals surface area contributed by atoms with Gasteiger partial charge >= 0.3 is 23.9 Å². The SMILES string of the molecule is COC(=O)c1c(NC(=O)COC(=O)c2ccc3c(c2)C(=O)N([C@@H](Cc2ccccc2)C(=O)OCC(=O)Nc2sc4c(c2C(=O)OC)CC[C@@H](C)C4)C3=O)sc2c1CC[C@@H](C)C2. The van der Waals surface area contributed by atoms with Gasteiger partial charge in [0.05, 0.1) is 42.0 Å². The Hall–Kier alpha value is -6.20. The van der Waals surface area contributed by atoms with Gasteiger partial charge in [0.15, 0.2) is 13.2 Å². The van der Waals surface area contributed by atoms with E-state index in [1.807, 2.05) is 0 Å². The van der Waals surface area contributed by atoms with Crippen molar-refractivity contribution in [1.29, 1.82) is 0 Å². The predicted octanol–water partition coefficient (Wildman–Crippen LogP) is 5.82. The van der Waals surface area contributed by atoms with Crippen molar-refractivity contribution in [3.63, 3.8) is 0 Å². The normalized spacial score (nSPS) is 17.0. The molecule has 61 heavy (non-hydrogen) atoms. The van der Waals surface area contributed by atoms with E-state index >= 15 is 0 Å². The van der Waals surface area contributed by atoms with E-state index in [2.05, 4.69) is 24.5 Å². The van der Waals surface area contributed by atoms with Gasteiger partial charge in [0.1, 0.15) is 16.0 Å². The molecular weight excluding hydrogens is 827 g/mol. The molecule has 2 aromatic heterocycles. The number of carbonyl (C=O) groups is 8. The van der Waals surface area contributed by atoms with Crippen LogP contribution in [-0.4, -0.2) is 85.9 Å². The number of esters is 4. The second kappa shape index (κ2) is 18.2. The first-order chi connectivity index (χ1) is 29.3. The number of hydrogen-bond donors (Lipinski definition) is 2. The van der Waals surface area contributed by atoms with Gasteiger partial charge in [-0.25, -0.2) is 19.2 Å². The van der Waals surface area contributed by atoms with Gasteiger partial charge in [-0.15, -0.1) is 22.7 Å². The Labute approximate surface area is 358 Å². The van der Waals surface area contributed by atoms with Crippen LogP contribution in [0, 0.1) is 11.8 Å². The molecule has 3 heterocycles. The van der Waals surface area contributed by atoms with E-state index in [1.54, 1.807) is 30.3 Å². The van der Waals surface area contributed by atoms with E-state index in [-0.39, 0.29) is 33.7 Å². The number of hydrogen-bond acceptors (Lipinski definition) is 14. The summed E-state index contributed by atoms with van der Waals surface area (Å²) < 4.78 is 20.7. The second-order valence-corrected chi connectivity index (χ2v) is 17.5. The molecule has 0 bridgehead atoms. The molecule has 0 saturated carbocycles. The third-order valence-corrected chi connectivity index (χ3v) is 13.3. The average Bonchev–Trinajstić information content (AvgIpc) is 3.87. The van der Waals surface area contributed by atoms with Crippen molar-refractivity contribution in [3.8, 4) is 0 Å². The van der Waals surface area contributed by atoms with Crippen LogP contribution in [0.15, 0.2) is 48.5 Å². The minimum atomic E-state index is -1.51. The molecule has 2 N–H and O–H groups in total. The van der Waals surface area contributed by atoms with Crippen LogP contribution in [0.1, 0.15) is 105 Å². The van der Waals surface area contributed by atoms with Gasteiger partial charge in [-0.2, -0.15) is 0 Å². The third-order valence-electron chi connectivity index (χ3n) is 11.0. The lowest BCUT2D eigenvalue weighted by Gasteiger charge is -2.24. The first kappa shape index (κ1) is 42.9. The van der Waals surface area contributed by atoms with Gasteiger partial charge in [-0.1, -0.05) is 44.2 Å². The molecule has 0 saturated heterocycles. The summed E-state index contributed by atoms with van der Waals surface area (Å²) in [6.45, 7) is 2.72. The molecule has 0 fully saturated rings. The van der Waals surface area contributed by atoms with Crippen LogP contribution in [0.3, 0.4) is 0 Å². The van der Waals surface area contributed by atoms with Crippen molar-refractivity contribution >= 4 is 80.2 Å². The van der Waals surface area contributed by atoms with Gasteiger partial charge in [0, 0.05) is 16.2 Å². The van der Waals surface area contributed by atoms with Crippen molar-refractivity contribution in [2.75, 3.05) is 38.1 Å². The smallest absolute Gasteiger partial charge is 0.341 e. The zero-order valence-corrected chi connectivity index (χ0v) is 35.5. The number of fused-ring (bicyclic) bond motifs is 3. The number of benzene rings is 2. The summed E-state index contributed by atoms with van der Waals surface area (Å²) in [6, 6.07) is 10.8. The summed E-state index contributed by atoms with van der Waals surface area (Å²) in [5.74, 6) is -5.50. The van der Waals surface area contributed by atoms with Crippen molar-refractivity contribution in [2.24, 2.45) is 11.8 Å². The van der Waals surface area contributed by atoms with E-state index in [1.165, 1.54) is 49.0 Å². The molecule has 15 nitrogen and oxygen atoms in total. The van der Waals surface area contributed by atoms with Crippen LogP contribution in [0.2, 0.25) is 0 Å². The van der Waals surface area contributed by atoms with E-state index in [4.69, 9.17) is 18.9 Å². The van der Waals surface area contributed by atoms with E-state index in [0.717, 1.165) is 57.5 Å². The second-order valence-electron chi connectivity index (χ2n) is 15.3. The molecule has 0 radical (unpaired) electrons. The Kier molecular flexibility index (Phi) is 12.8. The summed E-state index contributed by atoms with van der Waals surface area (Å²) in [4.78, 5) is 109. The van der Waals surface area contributed by atoms with Crippen LogP contribution in [0.5, 0.6) is 0 Å². The van der Waals surface area contributed by atoms with Gasteiger partial charge < -0.3 is 29.6 Å². The minimum absolute atomic E-state index is 0.0828. The summed E-state index contributed by atoms with van der Waals surface area (Å²) in [6.07, 6.45) is 4.44. The van der Waals surface area contributed by atoms with Crippen LogP contribution in [0.25, 0.3) is 0 Å². The predicted molar refractivity (Wildman–Crippen MR) is 223 cm³/mol. The maximum Gasteiger partial charge on any atom is 0.341 e. The Balaban J connectivity index is 1.03. The van der Waals surface area contributed by atoms with Gasteiger partial charge in [0.2, 0.25) is 0 Å². The Morgan fingerprint density at radius 2 is 1.23 bits per heavy atom. The lowest BCUT2D eigenvalue weighted by Crippen LogP contribution is -2.47. The number of carbonyl (C=O) groups excluding carboxylic acids is 8. The summed E-state index contributed by atoms with van der Waals surface area (Å²) in [5.41, 5.74) is 2.42. The fourth-order valence-electron chi connectivity index (χ4n) is 7.87. The first-order valence-corrected chi connectivity index (χ1v) is 21.4. The van der Waals surface area contributed by atoms with Gasteiger partial charge in [0.25, 0.3) is 23.6 Å². The number of thiophene rings is 2. The molecule has 7 rings (SSSR count). The third kappa shape index (κ3) is 8.98. The summed E-state index contributed by atoms with van der Waals surface area (Å²) in [5, 5.41) is 5.93. The van der Waals surface area contributed by atoms with Crippen LogP contribution < -0.4 is 10.6 Å². The molecule has 0 spiro atoms. The molecular formula is C44H43N3O12S2. The van der Waals surface area contributed by atoms with Crippen LogP contribution in [0.4, 0.5) is 10.0 Å². The van der Waals surface area contributed by atoms with Crippen molar-refractivity contribution < 1.29 is 57.3 Å². The van der Waals surface area contributed by atoms with Crippen LogP contribution in [-0.2, 0) is 65.4 Å². The van der Waals surface area contributed by atoms with Crippen molar-refractivity contribution in [2.45, 2.75) is 64.8 Å². The molecule has 2 aliphatic carbocycles. The highest BCUT2D eigenvalue weighted by atomic mass is 32.1. The molecule has 1 aliphatic heterocycles. The molecule has 2 aromatic carbocycles. The largest absolute Gasteiger partial charge is 0.465 e. The Morgan fingerprint density at radius 3 is 1.77 bits per heavy atom. The summed E-state index contributed by atoms with van der Waals surface area (Å²) in [7, 11) is 2.52. The number of rotatable bonds is 13. The number of methoxy groups -OCH3 is 2. The van der Waals surface area contributed by atoms with Crippen molar-refractivity contribution in [1.82, 2.24) is 4.90 Å². The molecule has 0 unspecified atom stereocenters. The fourth-order valence-corrected chi connectivity index (χ4v) is 10.7. The highest BCUT2D eigenvalue weighted by molar-refractivity contribution is 7.17. The van der Waals surface area contributed by atoms with Gasteiger partial charge in [-0.3, -0.25) is 24.1 Å². The maximum atomic E-state index is 14.0. The monoisotopic (exact) mass is 869 g/mol. The number of nitrogens with zero attached hydrogens (tertiary/aromatic N) is 1. The Morgan fingerprint density at radius 1 is 0.705 bits per heavy atom. The summed E-state index contributed by atoms with van der Waals surface area (Å²) >= 11 is 2.55. The molecule has 3 atom stereocenters. The fraction of sp³-hybridized carbons (Fsp3) is 0.364. The van der Waals surface area contributed by atoms with Crippen LogP contribution >= 0.6 is 22.7 Å². The molecule has 4 aromatic rings. The number of amides is 4. The molecule has 17 heteroatoms. The number of ether oxygens (including phenoxy) is 4. The van der Waals surface area contributed by atoms with Crippen molar-refractivity contribution in [3.05, 3.63) is 103 Å². The number of nitrogens with one attached hydrogen (secondary N) is 2. The first-order valence-electron chi connectivity index (χ1n) is 19.7. The van der Waals surface area contributed by atoms with E-state index in [0.29, 0.717) is 40.8 Å². The topological polar surface area (TPSA) is 201 Å². The standard InChI is InChI=1S/C44H43N3O12S2/c1-22-10-13-27-31(16-22)60-37(35(27)43(54)56-3)45-33(48)20-58-41(52)25-12-15-26-29(19-25)40(51)47(39(26)50)30(18-24-8-6-5-7-9-24)42(53)59-21-34(49)46-38-36(44(55)57-4)28-14-11-23(2)17-32(28)61-38/h5-9,12,15,19,22-23,30H,10-11,13-14,16-18,20-21H2,1-4H3,(H,45,48)(H,46,49)/t22-,23-,30+/m1/s1. The number of imide groups is 1. The molecule has 318 valence electrons. The van der Waals surface area contributed by atoms with E-state index in [9.17, 15) is 38.4 Å². The zero-order valence-electron chi connectivity index (χ0n) is 33.9. The number of anilines is 2. The maximum absolute atomic E-state index is 14.0. The lowest BCUT2D eigenvalue weighted by atomic mass is 9.88. The lowest BCUT2D eigenvalue weighted by molar-refractivity contribution is -0.151. The Bertz CT molecular complexity index is 2460. The van der Waals surface area contributed by atoms with E-state index < -0.39 is 66.8 Å². The molecule has 3 aliphatic rings. The minimum Gasteiger partial charge on any atom is -0.465 e. The van der Waals surface area contributed by atoms with Gasteiger partial charge in [-0.05, 0) is 85.3 Å². The zero-order chi connectivity index (χ0) is 43.5. The highest BCUT2D eigenvalue weighted by Crippen LogP contribution is 2.41.